The van der Waals surface area contributed by atoms with Crippen LogP contribution in [0.1, 0.15) is 18.4 Å². The van der Waals surface area contributed by atoms with E-state index in [1.54, 1.807) is 4.90 Å². The molecule has 0 bridgehead atoms. The number of hydrogen-bond acceptors (Lipinski definition) is 3. The van der Waals surface area contributed by atoms with Crippen LogP contribution in [-0.4, -0.2) is 42.2 Å². The fourth-order valence-electron chi connectivity index (χ4n) is 2.92. The average molecular weight is 289 g/mol. The standard InChI is InChI=1S/C15H19N3O3/c19-13-16-10-15(17-13)7-4-8-18(11-15)14(20)21-9-12-5-2-1-3-6-12/h1-3,5-6H,4,7-11H2,(H2,16,17,19). The van der Waals surface area contributed by atoms with E-state index in [4.69, 9.17) is 4.74 Å². The molecule has 2 heterocycles. The Morgan fingerprint density at radius 1 is 1.33 bits per heavy atom. The molecule has 1 unspecified atom stereocenters. The molecule has 1 atom stereocenters. The Bertz CT molecular complexity index is 534. The molecule has 1 aromatic rings. The third-order valence-electron chi connectivity index (χ3n) is 4.01. The lowest BCUT2D eigenvalue weighted by Crippen LogP contribution is -2.57. The highest BCUT2D eigenvalue weighted by Crippen LogP contribution is 2.23. The maximum atomic E-state index is 12.2. The Morgan fingerprint density at radius 2 is 2.14 bits per heavy atom. The van der Waals surface area contributed by atoms with E-state index in [-0.39, 0.29) is 24.3 Å². The lowest BCUT2D eigenvalue weighted by Gasteiger charge is -2.38. The van der Waals surface area contributed by atoms with Gasteiger partial charge in [-0.15, -0.1) is 0 Å². The van der Waals surface area contributed by atoms with Gasteiger partial charge in [0.05, 0.1) is 5.54 Å². The first-order chi connectivity index (χ1) is 10.2. The summed E-state index contributed by atoms with van der Waals surface area (Å²) >= 11 is 0. The van der Waals surface area contributed by atoms with Gasteiger partial charge in [0.15, 0.2) is 0 Å². The van der Waals surface area contributed by atoms with E-state index >= 15 is 0 Å². The van der Waals surface area contributed by atoms with Crippen LogP contribution in [0.3, 0.4) is 0 Å². The number of rotatable bonds is 2. The summed E-state index contributed by atoms with van der Waals surface area (Å²) in [5, 5.41) is 5.70. The number of carbonyl (C=O) groups is 2. The Balaban J connectivity index is 1.56. The lowest BCUT2D eigenvalue weighted by molar-refractivity contribution is 0.0721. The lowest BCUT2D eigenvalue weighted by atomic mass is 9.90. The molecule has 6 nitrogen and oxygen atoms in total. The molecule has 2 fully saturated rings. The summed E-state index contributed by atoms with van der Waals surface area (Å²) in [6.07, 6.45) is 1.43. The van der Waals surface area contributed by atoms with E-state index in [0.717, 1.165) is 18.4 Å². The van der Waals surface area contributed by atoms with Gasteiger partial charge >= 0.3 is 12.1 Å². The van der Waals surface area contributed by atoms with Gasteiger partial charge in [0, 0.05) is 19.6 Å². The van der Waals surface area contributed by atoms with Crippen molar-refractivity contribution in [1.82, 2.24) is 15.5 Å². The monoisotopic (exact) mass is 289 g/mol. The number of piperidine rings is 1. The maximum Gasteiger partial charge on any atom is 0.410 e. The van der Waals surface area contributed by atoms with Gasteiger partial charge in [-0.05, 0) is 18.4 Å². The molecule has 2 N–H and O–H groups in total. The Morgan fingerprint density at radius 3 is 2.86 bits per heavy atom. The van der Waals surface area contributed by atoms with Crippen molar-refractivity contribution in [2.45, 2.75) is 25.0 Å². The van der Waals surface area contributed by atoms with E-state index < -0.39 is 0 Å². The molecule has 2 aliphatic heterocycles. The van der Waals surface area contributed by atoms with E-state index in [9.17, 15) is 9.59 Å². The van der Waals surface area contributed by atoms with Crippen molar-refractivity contribution >= 4 is 12.1 Å². The zero-order valence-corrected chi connectivity index (χ0v) is 11.8. The van der Waals surface area contributed by atoms with Crippen LogP contribution in [0.5, 0.6) is 0 Å². The Labute approximate surface area is 123 Å². The van der Waals surface area contributed by atoms with Gasteiger partial charge < -0.3 is 20.3 Å². The zero-order chi connectivity index (χ0) is 14.7. The first kappa shape index (κ1) is 13.7. The number of hydrogen-bond donors (Lipinski definition) is 2. The van der Waals surface area contributed by atoms with Crippen molar-refractivity contribution in [3.05, 3.63) is 35.9 Å². The molecular weight excluding hydrogens is 270 g/mol. The molecule has 21 heavy (non-hydrogen) atoms. The average Bonchev–Trinajstić information content (AvgIpc) is 2.86. The highest BCUT2D eigenvalue weighted by molar-refractivity contribution is 5.78. The largest absolute Gasteiger partial charge is 0.445 e. The molecule has 1 aromatic carbocycles. The molecule has 6 heteroatoms. The van der Waals surface area contributed by atoms with Crippen LogP contribution in [0.4, 0.5) is 9.59 Å². The molecule has 3 rings (SSSR count). The van der Waals surface area contributed by atoms with Crippen LogP contribution >= 0.6 is 0 Å². The maximum absolute atomic E-state index is 12.2. The molecule has 0 aromatic heterocycles. The van der Waals surface area contributed by atoms with Gasteiger partial charge in [-0.2, -0.15) is 0 Å². The Kier molecular flexibility index (Phi) is 3.68. The summed E-state index contributed by atoms with van der Waals surface area (Å²) in [5.74, 6) is 0. The van der Waals surface area contributed by atoms with Crippen LogP contribution in [-0.2, 0) is 11.3 Å². The fourth-order valence-corrected chi connectivity index (χ4v) is 2.92. The minimum atomic E-state index is -0.332. The van der Waals surface area contributed by atoms with Gasteiger partial charge in [0.25, 0.3) is 0 Å². The second-order valence-corrected chi connectivity index (χ2v) is 5.65. The van der Waals surface area contributed by atoms with Gasteiger partial charge in [-0.3, -0.25) is 0 Å². The second-order valence-electron chi connectivity index (χ2n) is 5.65. The fraction of sp³-hybridized carbons (Fsp3) is 0.467. The number of nitrogens with one attached hydrogen (secondary N) is 2. The number of nitrogens with zero attached hydrogens (tertiary/aromatic N) is 1. The van der Waals surface area contributed by atoms with Crippen molar-refractivity contribution in [3.63, 3.8) is 0 Å². The van der Waals surface area contributed by atoms with E-state index in [1.165, 1.54) is 0 Å². The highest BCUT2D eigenvalue weighted by atomic mass is 16.6. The molecular formula is C15H19N3O3. The molecule has 2 aliphatic rings. The molecule has 0 aliphatic carbocycles. The smallest absolute Gasteiger partial charge is 0.410 e. The molecule has 0 saturated carbocycles. The van der Waals surface area contributed by atoms with Crippen LogP contribution in [0.25, 0.3) is 0 Å². The summed E-state index contributed by atoms with van der Waals surface area (Å²) < 4.78 is 5.35. The minimum Gasteiger partial charge on any atom is -0.445 e. The third-order valence-corrected chi connectivity index (χ3v) is 4.01. The first-order valence-electron chi connectivity index (χ1n) is 7.19. The molecule has 1 spiro atoms. The van der Waals surface area contributed by atoms with Gasteiger partial charge in [0.1, 0.15) is 6.61 Å². The van der Waals surface area contributed by atoms with Gasteiger partial charge in [0.2, 0.25) is 0 Å². The quantitative estimate of drug-likeness (QED) is 0.866. The molecule has 112 valence electrons. The van der Waals surface area contributed by atoms with Crippen LogP contribution in [0.2, 0.25) is 0 Å². The van der Waals surface area contributed by atoms with E-state index in [1.807, 2.05) is 30.3 Å². The number of likely N-dealkylation sites (tertiary alicyclic amines) is 1. The van der Waals surface area contributed by atoms with Crippen molar-refractivity contribution in [2.75, 3.05) is 19.6 Å². The van der Waals surface area contributed by atoms with E-state index in [2.05, 4.69) is 10.6 Å². The van der Waals surface area contributed by atoms with Crippen molar-refractivity contribution in [3.8, 4) is 0 Å². The van der Waals surface area contributed by atoms with Crippen molar-refractivity contribution < 1.29 is 14.3 Å². The van der Waals surface area contributed by atoms with Gasteiger partial charge in [-0.25, -0.2) is 9.59 Å². The molecule has 3 amide bonds. The SMILES string of the molecule is O=C1NCC2(CCCN(C(=O)OCc3ccccc3)C2)N1. The number of carbonyl (C=O) groups excluding carboxylic acids is 2. The number of ether oxygens (including phenoxy) is 1. The molecule has 2 saturated heterocycles. The summed E-state index contributed by atoms with van der Waals surface area (Å²) in [5.41, 5.74) is 0.634. The minimum absolute atomic E-state index is 0.158. The third kappa shape index (κ3) is 3.09. The highest BCUT2D eigenvalue weighted by Gasteiger charge is 2.42. The predicted octanol–water partition coefficient (Wildman–Crippen LogP) is 1.47. The van der Waals surface area contributed by atoms with Crippen LogP contribution < -0.4 is 10.6 Å². The zero-order valence-electron chi connectivity index (χ0n) is 11.8. The summed E-state index contributed by atoms with van der Waals surface area (Å²) in [4.78, 5) is 25.2. The topological polar surface area (TPSA) is 70.7 Å². The van der Waals surface area contributed by atoms with E-state index in [0.29, 0.717) is 19.6 Å². The van der Waals surface area contributed by atoms with Crippen molar-refractivity contribution in [1.29, 1.82) is 0 Å². The number of amides is 3. The van der Waals surface area contributed by atoms with Gasteiger partial charge in [-0.1, -0.05) is 30.3 Å². The molecule has 0 radical (unpaired) electrons. The first-order valence-corrected chi connectivity index (χ1v) is 7.19. The number of urea groups is 1. The normalized spacial score (nSPS) is 24.6. The predicted molar refractivity (Wildman–Crippen MR) is 76.7 cm³/mol. The van der Waals surface area contributed by atoms with Crippen molar-refractivity contribution in [2.24, 2.45) is 0 Å². The van der Waals surface area contributed by atoms with Crippen LogP contribution in [0.15, 0.2) is 30.3 Å². The van der Waals surface area contributed by atoms with Crippen LogP contribution in [0, 0.1) is 0 Å². The second kappa shape index (κ2) is 5.63. The number of benzene rings is 1. The summed E-state index contributed by atoms with van der Waals surface area (Å²) in [6.45, 7) is 2.01. The summed E-state index contributed by atoms with van der Waals surface area (Å²) in [7, 11) is 0. The summed E-state index contributed by atoms with van der Waals surface area (Å²) in [6, 6.07) is 9.44. The Hall–Kier alpha value is -2.24.